The van der Waals surface area contributed by atoms with Gasteiger partial charge in [0.2, 0.25) is 5.91 Å². The number of thiazole rings is 1. The molecule has 5 heteroatoms. The number of nitrogens with zero attached hydrogens (tertiary/aromatic N) is 1. The second kappa shape index (κ2) is 6.71. The van der Waals surface area contributed by atoms with Crippen LogP contribution >= 0.6 is 11.3 Å². The summed E-state index contributed by atoms with van der Waals surface area (Å²) in [5.41, 5.74) is 0.833. The monoisotopic (exact) mass is 334 g/mol. The van der Waals surface area contributed by atoms with Crippen LogP contribution in [0.15, 0.2) is 0 Å². The van der Waals surface area contributed by atoms with Gasteiger partial charge in [-0.05, 0) is 24.2 Å². The molecule has 0 aliphatic heterocycles. The molecule has 1 heterocycles. The summed E-state index contributed by atoms with van der Waals surface area (Å²) in [6.07, 6.45) is 9.41. The molecule has 0 atom stereocenters. The van der Waals surface area contributed by atoms with Crippen LogP contribution in [0.5, 0.6) is 0 Å². The maximum atomic E-state index is 12.2. The molecule has 1 aromatic rings. The zero-order valence-electron chi connectivity index (χ0n) is 14.1. The first-order valence-electron chi connectivity index (χ1n) is 8.76. The fourth-order valence-electron chi connectivity index (χ4n) is 3.77. The number of amides is 1. The Hall–Kier alpha value is -1.23. The molecule has 1 saturated carbocycles. The van der Waals surface area contributed by atoms with Crippen LogP contribution in [-0.2, 0) is 11.2 Å². The lowest BCUT2D eigenvalue weighted by molar-refractivity contribution is -0.116. The van der Waals surface area contributed by atoms with Crippen molar-refractivity contribution in [1.82, 2.24) is 4.98 Å². The molecule has 0 spiro atoms. The molecule has 0 radical (unpaired) electrons. The lowest BCUT2D eigenvalue weighted by Crippen LogP contribution is -2.26. The summed E-state index contributed by atoms with van der Waals surface area (Å²) >= 11 is 1.34. The van der Waals surface area contributed by atoms with E-state index in [9.17, 15) is 9.59 Å². The lowest BCUT2D eigenvalue weighted by Gasteiger charge is -2.26. The topological polar surface area (TPSA) is 59.1 Å². The van der Waals surface area contributed by atoms with Crippen molar-refractivity contribution in [1.29, 1.82) is 0 Å². The zero-order valence-corrected chi connectivity index (χ0v) is 14.9. The number of fused-ring (bicyclic) bond motifs is 1. The van der Waals surface area contributed by atoms with Crippen molar-refractivity contribution in [2.24, 2.45) is 11.3 Å². The van der Waals surface area contributed by atoms with Gasteiger partial charge in [-0.25, -0.2) is 4.98 Å². The third kappa shape index (κ3) is 4.19. The third-order valence-corrected chi connectivity index (χ3v) is 6.04. The van der Waals surface area contributed by atoms with Gasteiger partial charge in [-0.15, -0.1) is 0 Å². The molecule has 4 nitrogen and oxygen atoms in total. The van der Waals surface area contributed by atoms with E-state index in [2.05, 4.69) is 24.1 Å². The molecule has 0 unspecified atom stereocenters. The Morgan fingerprint density at radius 3 is 2.74 bits per heavy atom. The number of carbonyl (C=O) groups excluding carboxylic acids is 2. The van der Waals surface area contributed by atoms with Gasteiger partial charge in [-0.1, -0.05) is 57.3 Å². The van der Waals surface area contributed by atoms with Crippen molar-refractivity contribution in [2.75, 3.05) is 5.32 Å². The van der Waals surface area contributed by atoms with Crippen molar-refractivity contribution in [3.63, 3.8) is 0 Å². The van der Waals surface area contributed by atoms with Gasteiger partial charge in [0.15, 0.2) is 10.9 Å². The highest BCUT2D eigenvalue weighted by Gasteiger charge is 2.34. The van der Waals surface area contributed by atoms with Crippen LogP contribution in [0.25, 0.3) is 0 Å². The summed E-state index contributed by atoms with van der Waals surface area (Å²) in [7, 11) is 0. The molecular formula is C18H26N2O2S. The number of ketones is 1. The third-order valence-electron chi connectivity index (χ3n) is 4.99. The molecule has 1 amide bonds. The van der Waals surface area contributed by atoms with Crippen LogP contribution < -0.4 is 5.32 Å². The molecule has 0 aromatic carbocycles. The van der Waals surface area contributed by atoms with E-state index in [1.165, 1.54) is 43.4 Å². The van der Waals surface area contributed by atoms with E-state index in [1.54, 1.807) is 0 Å². The Morgan fingerprint density at radius 2 is 2.00 bits per heavy atom. The fourth-order valence-corrected chi connectivity index (χ4v) is 4.70. The van der Waals surface area contributed by atoms with Gasteiger partial charge >= 0.3 is 0 Å². The van der Waals surface area contributed by atoms with E-state index >= 15 is 0 Å². The molecule has 0 bridgehead atoms. The number of rotatable bonds is 4. The highest BCUT2D eigenvalue weighted by Crippen LogP contribution is 2.38. The average molecular weight is 334 g/mol. The maximum absolute atomic E-state index is 12.2. The molecule has 1 fully saturated rings. The van der Waals surface area contributed by atoms with E-state index in [-0.39, 0.29) is 17.1 Å². The first kappa shape index (κ1) is 16.6. The number of Topliss-reactive ketones (excluding diaryl/α,β-unsaturated/α-hetero) is 1. The first-order chi connectivity index (χ1) is 10.9. The minimum atomic E-state index is -0.0274. The maximum Gasteiger partial charge on any atom is 0.226 e. The summed E-state index contributed by atoms with van der Waals surface area (Å²) in [4.78, 5) is 29.6. The fraction of sp³-hybridized carbons (Fsp3) is 0.722. The summed E-state index contributed by atoms with van der Waals surface area (Å²) in [6.45, 7) is 4.19. The normalized spacial score (nSPS) is 21.0. The average Bonchev–Trinajstić information content (AvgIpc) is 2.87. The highest BCUT2D eigenvalue weighted by molar-refractivity contribution is 7.17. The van der Waals surface area contributed by atoms with Gasteiger partial charge in [0.25, 0.3) is 0 Å². The van der Waals surface area contributed by atoms with E-state index in [0.29, 0.717) is 23.9 Å². The Balaban J connectivity index is 1.56. The van der Waals surface area contributed by atoms with Gasteiger partial charge < -0.3 is 5.32 Å². The quantitative estimate of drug-likeness (QED) is 0.875. The van der Waals surface area contributed by atoms with E-state index < -0.39 is 0 Å². The van der Waals surface area contributed by atoms with Gasteiger partial charge in [-0.2, -0.15) is 0 Å². The molecule has 2 aliphatic rings. The van der Waals surface area contributed by atoms with Crippen LogP contribution in [0, 0.1) is 11.3 Å². The minimum absolute atomic E-state index is 0.0274. The first-order valence-corrected chi connectivity index (χ1v) is 9.57. The number of hydrogen-bond donors (Lipinski definition) is 1. The second-order valence-electron chi connectivity index (χ2n) is 7.83. The lowest BCUT2D eigenvalue weighted by atomic mass is 9.78. The van der Waals surface area contributed by atoms with Crippen LogP contribution in [0.4, 0.5) is 5.13 Å². The van der Waals surface area contributed by atoms with Crippen molar-refractivity contribution in [2.45, 2.75) is 71.6 Å². The van der Waals surface area contributed by atoms with Gasteiger partial charge in [0.1, 0.15) is 0 Å². The van der Waals surface area contributed by atoms with Gasteiger partial charge in [0.05, 0.1) is 10.6 Å². The second-order valence-corrected chi connectivity index (χ2v) is 8.83. The molecule has 126 valence electrons. The standard InChI is InChI=1S/C18H26N2O2S/c1-18(2)10-13-16(14(21)11-18)23-17(19-13)20-15(22)9-8-12-6-4-3-5-7-12/h12H,3-11H2,1-2H3,(H,19,20,22). The smallest absolute Gasteiger partial charge is 0.226 e. The molecule has 0 saturated heterocycles. The Labute approximate surface area is 142 Å². The van der Waals surface area contributed by atoms with Crippen molar-refractivity contribution < 1.29 is 9.59 Å². The minimum Gasteiger partial charge on any atom is -0.302 e. The van der Waals surface area contributed by atoms with Crippen LogP contribution in [-0.4, -0.2) is 16.7 Å². The Bertz CT molecular complexity index is 600. The van der Waals surface area contributed by atoms with E-state index in [4.69, 9.17) is 0 Å². The number of hydrogen-bond acceptors (Lipinski definition) is 4. The molecule has 1 aromatic heterocycles. The SMILES string of the molecule is CC1(C)CC(=O)c2sc(NC(=O)CCC3CCCCC3)nc2C1. The molecule has 2 aliphatic carbocycles. The van der Waals surface area contributed by atoms with Crippen LogP contribution in [0.2, 0.25) is 0 Å². The number of carbonyl (C=O) groups is 2. The highest BCUT2D eigenvalue weighted by atomic mass is 32.1. The van der Waals surface area contributed by atoms with Crippen LogP contribution in [0.1, 0.15) is 80.6 Å². The van der Waals surface area contributed by atoms with Gasteiger partial charge in [-0.3, -0.25) is 9.59 Å². The molecule has 3 rings (SSSR count). The van der Waals surface area contributed by atoms with Crippen molar-refractivity contribution in [3.05, 3.63) is 10.6 Å². The molecular weight excluding hydrogens is 308 g/mol. The Kier molecular flexibility index (Phi) is 4.85. The number of anilines is 1. The predicted octanol–water partition coefficient (Wildman–Crippen LogP) is 4.60. The van der Waals surface area contributed by atoms with Gasteiger partial charge in [0, 0.05) is 12.8 Å². The zero-order chi connectivity index (χ0) is 16.4. The molecule has 23 heavy (non-hydrogen) atoms. The Morgan fingerprint density at radius 1 is 1.26 bits per heavy atom. The summed E-state index contributed by atoms with van der Waals surface area (Å²) < 4.78 is 0. The van der Waals surface area contributed by atoms with Crippen molar-refractivity contribution >= 4 is 28.2 Å². The van der Waals surface area contributed by atoms with E-state index in [0.717, 1.165) is 23.4 Å². The predicted molar refractivity (Wildman–Crippen MR) is 93.0 cm³/mol. The largest absolute Gasteiger partial charge is 0.302 e. The molecule has 1 N–H and O–H groups in total. The van der Waals surface area contributed by atoms with Crippen molar-refractivity contribution in [3.8, 4) is 0 Å². The summed E-state index contributed by atoms with van der Waals surface area (Å²) in [5, 5.41) is 3.50. The summed E-state index contributed by atoms with van der Waals surface area (Å²) in [5.74, 6) is 0.909. The number of aromatic nitrogens is 1. The summed E-state index contributed by atoms with van der Waals surface area (Å²) in [6, 6.07) is 0. The van der Waals surface area contributed by atoms with E-state index in [1.807, 2.05) is 0 Å². The van der Waals surface area contributed by atoms with Crippen LogP contribution in [0.3, 0.4) is 0 Å². The number of nitrogens with one attached hydrogen (secondary N) is 1.